The number of rotatable bonds is 4. The number of amides is 1. The molecule has 2 unspecified atom stereocenters. The van der Waals surface area contributed by atoms with Crippen molar-refractivity contribution in [2.45, 2.75) is 31.2 Å². The highest BCUT2D eigenvalue weighted by Crippen LogP contribution is 2.36. The maximum Gasteiger partial charge on any atom is 0.225 e. The summed E-state index contributed by atoms with van der Waals surface area (Å²) in [4.78, 5) is 13.3. The van der Waals surface area contributed by atoms with Gasteiger partial charge in [-0.15, -0.1) is 11.8 Å². The lowest BCUT2D eigenvalue weighted by Crippen LogP contribution is -2.40. The summed E-state index contributed by atoms with van der Waals surface area (Å²) in [6.45, 7) is 4.31. The van der Waals surface area contributed by atoms with Crippen molar-refractivity contribution in [3.8, 4) is 0 Å². The summed E-state index contributed by atoms with van der Waals surface area (Å²) in [6.07, 6.45) is 0.822. The Morgan fingerprint density at radius 3 is 2.95 bits per heavy atom. The van der Waals surface area contributed by atoms with Crippen LogP contribution in [0, 0.1) is 17.7 Å². The number of thioether (sulfide) groups is 1. The Hall–Kier alpha value is -1.07. The van der Waals surface area contributed by atoms with Crippen LogP contribution in [0.25, 0.3) is 0 Å². The lowest BCUT2D eigenvalue weighted by molar-refractivity contribution is -0.126. The van der Waals surface area contributed by atoms with Gasteiger partial charge in [0.25, 0.3) is 0 Å². The average Bonchev–Trinajstić information content (AvgIpc) is 2.39. The van der Waals surface area contributed by atoms with Crippen molar-refractivity contribution >= 4 is 17.7 Å². The molecule has 1 aliphatic heterocycles. The first kappa shape index (κ1) is 15.3. The lowest BCUT2D eigenvalue weighted by atomic mass is 9.94. The van der Waals surface area contributed by atoms with Gasteiger partial charge in [0.2, 0.25) is 5.91 Å². The second-order valence-corrected chi connectivity index (χ2v) is 6.60. The molecule has 0 aliphatic carbocycles. The molecule has 1 aliphatic rings. The molecule has 0 aromatic heterocycles. The molecule has 1 aromatic rings. The topological polar surface area (TPSA) is 55.1 Å². The fourth-order valence-corrected chi connectivity index (χ4v) is 3.58. The van der Waals surface area contributed by atoms with Crippen LogP contribution in [0.2, 0.25) is 0 Å². The standard InChI is InChI=1S/C15H21FN2OS/c1-9(2)12(8-17)15(19)18-13-5-6-20-14-4-3-10(16)7-11(13)14/h3-4,7,9,12-13H,5-6,8,17H2,1-2H3,(H,18,19). The van der Waals surface area contributed by atoms with E-state index < -0.39 is 0 Å². The molecule has 0 saturated carbocycles. The number of benzene rings is 1. The summed E-state index contributed by atoms with van der Waals surface area (Å²) in [6, 6.07) is 4.67. The van der Waals surface area contributed by atoms with E-state index in [9.17, 15) is 9.18 Å². The zero-order valence-electron chi connectivity index (χ0n) is 11.9. The fraction of sp³-hybridized carbons (Fsp3) is 0.533. The van der Waals surface area contributed by atoms with Gasteiger partial charge < -0.3 is 11.1 Å². The molecule has 20 heavy (non-hydrogen) atoms. The maximum absolute atomic E-state index is 13.4. The summed E-state index contributed by atoms with van der Waals surface area (Å²) < 4.78 is 13.4. The molecule has 0 bridgehead atoms. The lowest BCUT2D eigenvalue weighted by Gasteiger charge is -2.28. The molecule has 2 atom stereocenters. The number of nitrogens with two attached hydrogens (primary N) is 1. The van der Waals surface area contributed by atoms with Gasteiger partial charge >= 0.3 is 0 Å². The molecule has 3 nitrogen and oxygen atoms in total. The van der Waals surface area contributed by atoms with E-state index >= 15 is 0 Å². The molecule has 0 fully saturated rings. The predicted molar refractivity (Wildman–Crippen MR) is 80.0 cm³/mol. The van der Waals surface area contributed by atoms with Crippen LogP contribution in [-0.4, -0.2) is 18.2 Å². The molecule has 5 heteroatoms. The summed E-state index contributed by atoms with van der Waals surface area (Å²) in [5, 5.41) is 3.04. The van der Waals surface area contributed by atoms with Crippen molar-refractivity contribution in [1.29, 1.82) is 0 Å². The summed E-state index contributed by atoms with van der Waals surface area (Å²) in [7, 11) is 0. The zero-order valence-corrected chi connectivity index (χ0v) is 12.7. The minimum Gasteiger partial charge on any atom is -0.349 e. The van der Waals surface area contributed by atoms with Crippen molar-refractivity contribution in [2.75, 3.05) is 12.3 Å². The van der Waals surface area contributed by atoms with E-state index in [0.717, 1.165) is 22.6 Å². The van der Waals surface area contributed by atoms with Crippen molar-refractivity contribution in [1.82, 2.24) is 5.32 Å². The summed E-state index contributed by atoms with van der Waals surface area (Å²) in [5.41, 5.74) is 6.56. The highest BCUT2D eigenvalue weighted by atomic mass is 32.2. The Morgan fingerprint density at radius 1 is 1.55 bits per heavy atom. The average molecular weight is 296 g/mol. The number of carbonyl (C=O) groups is 1. The Balaban J connectivity index is 2.15. The Labute approximate surface area is 123 Å². The second kappa shape index (κ2) is 6.59. The van der Waals surface area contributed by atoms with Crippen molar-refractivity contribution in [2.24, 2.45) is 17.6 Å². The second-order valence-electron chi connectivity index (χ2n) is 5.47. The van der Waals surface area contributed by atoms with E-state index in [4.69, 9.17) is 5.73 Å². The van der Waals surface area contributed by atoms with E-state index in [2.05, 4.69) is 5.32 Å². The first-order chi connectivity index (χ1) is 9.52. The van der Waals surface area contributed by atoms with Crippen LogP contribution in [-0.2, 0) is 4.79 Å². The summed E-state index contributed by atoms with van der Waals surface area (Å²) in [5.74, 6) is 0.643. The third-order valence-electron chi connectivity index (χ3n) is 3.72. The van der Waals surface area contributed by atoms with E-state index in [1.165, 1.54) is 12.1 Å². The molecule has 0 saturated heterocycles. The number of carbonyl (C=O) groups excluding carboxylic acids is 1. The summed E-state index contributed by atoms with van der Waals surface area (Å²) >= 11 is 1.71. The molecule has 1 aromatic carbocycles. The normalized spacial score (nSPS) is 19.6. The Kier molecular flexibility index (Phi) is 5.05. The number of hydrogen-bond acceptors (Lipinski definition) is 3. The van der Waals surface area contributed by atoms with Crippen LogP contribution in [0.3, 0.4) is 0 Å². The van der Waals surface area contributed by atoms with Gasteiger partial charge in [-0.1, -0.05) is 13.8 Å². The highest BCUT2D eigenvalue weighted by Gasteiger charge is 2.27. The van der Waals surface area contributed by atoms with Gasteiger partial charge in [-0.2, -0.15) is 0 Å². The van der Waals surface area contributed by atoms with Gasteiger partial charge in [0, 0.05) is 17.2 Å². The van der Waals surface area contributed by atoms with Gasteiger partial charge in [0.05, 0.1) is 12.0 Å². The smallest absolute Gasteiger partial charge is 0.225 e. The van der Waals surface area contributed by atoms with Crippen LogP contribution >= 0.6 is 11.8 Å². The Morgan fingerprint density at radius 2 is 2.30 bits per heavy atom. The zero-order chi connectivity index (χ0) is 14.7. The number of halogens is 1. The van der Waals surface area contributed by atoms with Gasteiger partial charge in [0.15, 0.2) is 0 Å². The van der Waals surface area contributed by atoms with Crippen LogP contribution in [0.1, 0.15) is 31.9 Å². The largest absolute Gasteiger partial charge is 0.349 e. The first-order valence-corrected chi connectivity index (χ1v) is 7.94. The minimum atomic E-state index is -0.260. The van der Waals surface area contributed by atoms with E-state index in [0.29, 0.717) is 6.54 Å². The Bertz CT molecular complexity index is 493. The number of fused-ring (bicyclic) bond motifs is 1. The maximum atomic E-state index is 13.4. The van der Waals surface area contributed by atoms with E-state index in [-0.39, 0.29) is 29.6 Å². The third-order valence-corrected chi connectivity index (χ3v) is 4.85. The van der Waals surface area contributed by atoms with E-state index in [1.807, 2.05) is 13.8 Å². The predicted octanol–water partition coefficient (Wildman–Crippen LogP) is 2.71. The molecule has 0 spiro atoms. The molecule has 0 radical (unpaired) electrons. The van der Waals surface area contributed by atoms with Gasteiger partial charge in [-0.25, -0.2) is 4.39 Å². The van der Waals surface area contributed by atoms with E-state index in [1.54, 1.807) is 17.8 Å². The van der Waals surface area contributed by atoms with Gasteiger partial charge in [-0.05, 0) is 36.1 Å². The van der Waals surface area contributed by atoms with Crippen LogP contribution in [0.5, 0.6) is 0 Å². The van der Waals surface area contributed by atoms with Gasteiger partial charge in [0.1, 0.15) is 5.82 Å². The molecule has 2 rings (SSSR count). The monoisotopic (exact) mass is 296 g/mol. The van der Waals surface area contributed by atoms with Crippen molar-refractivity contribution < 1.29 is 9.18 Å². The third kappa shape index (κ3) is 3.33. The van der Waals surface area contributed by atoms with Gasteiger partial charge in [-0.3, -0.25) is 4.79 Å². The van der Waals surface area contributed by atoms with Crippen LogP contribution in [0.4, 0.5) is 4.39 Å². The number of nitrogens with one attached hydrogen (secondary N) is 1. The van der Waals surface area contributed by atoms with Crippen molar-refractivity contribution in [3.05, 3.63) is 29.6 Å². The molecule has 1 amide bonds. The highest BCUT2D eigenvalue weighted by molar-refractivity contribution is 7.99. The first-order valence-electron chi connectivity index (χ1n) is 6.95. The molecule has 1 heterocycles. The van der Waals surface area contributed by atoms with Crippen molar-refractivity contribution in [3.63, 3.8) is 0 Å². The quantitative estimate of drug-likeness (QED) is 0.898. The minimum absolute atomic E-state index is 0.0328. The molecular weight excluding hydrogens is 275 g/mol. The molecular formula is C15H21FN2OS. The fourth-order valence-electron chi connectivity index (χ4n) is 2.48. The SMILES string of the molecule is CC(C)C(CN)C(=O)NC1CCSc2ccc(F)cc21. The molecule has 3 N–H and O–H groups in total. The van der Waals surface area contributed by atoms with Crippen LogP contribution < -0.4 is 11.1 Å². The van der Waals surface area contributed by atoms with Crippen LogP contribution in [0.15, 0.2) is 23.1 Å². The molecule has 110 valence electrons. The number of hydrogen-bond donors (Lipinski definition) is 2.